The summed E-state index contributed by atoms with van der Waals surface area (Å²) in [5.74, 6) is -0.477. The molecule has 0 bridgehead atoms. The first-order valence-electron chi connectivity index (χ1n) is 10.6. The first kappa shape index (κ1) is 24.8. The second kappa shape index (κ2) is 12.4. The number of rotatable bonds is 8. The summed E-state index contributed by atoms with van der Waals surface area (Å²) in [5, 5.41) is 4.33. The molecule has 2 aromatic carbocycles. The van der Waals surface area contributed by atoms with Crippen LogP contribution in [0.4, 0.5) is 4.39 Å². The molecule has 0 saturated carbocycles. The minimum Gasteiger partial charge on any atom is -1.00 e. The molecule has 7 heteroatoms. The Morgan fingerprint density at radius 1 is 1.16 bits per heavy atom. The zero-order chi connectivity index (χ0) is 21.3. The van der Waals surface area contributed by atoms with E-state index >= 15 is 0 Å². The highest BCUT2D eigenvalue weighted by molar-refractivity contribution is 6.13. The van der Waals surface area contributed by atoms with Crippen LogP contribution in [0.5, 0.6) is 0 Å². The minimum absolute atomic E-state index is 0. The molecule has 0 amide bonds. The fraction of sp³-hybridized carbons (Fsp3) is 0.417. The van der Waals surface area contributed by atoms with Crippen LogP contribution < -0.4 is 17.3 Å². The predicted molar refractivity (Wildman–Crippen MR) is 114 cm³/mol. The quantitative estimate of drug-likeness (QED) is 0.262. The van der Waals surface area contributed by atoms with Crippen molar-refractivity contribution in [2.24, 2.45) is 11.1 Å². The summed E-state index contributed by atoms with van der Waals surface area (Å²) in [7, 11) is 0. The van der Waals surface area contributed by atoms with Crippen LogP contribution in [-0.4, -0.2) is 44.5 Å². The molecule has 0 aliphatic carbocycles. The Bertz CT molecular complexity index is 843. The molecule has 2 aromatic rings. The number of nitrogens with zero attached hydrogens (tertiary/aromatic N) is 1. The molecule has 5 nitrogen and oxygen atoms in total. The van der Waals surface area contributed by atoms with E-state index in [1.807, 2.05) is 38.1 Å². The van der Waals surface area contributed by atoms with Crippen LogP contribution in [0.15, 0.2) is 53.7 Å². The first-order valence-corrected chi connectivity index (χ1v) is 10.6. The number of hydrogen-bond acceptors (Lipinski definition) is 4. The number of likely N-dealkylation sites (tertiary alicyclic amines) is 1. The van der Waals surface area contributed by atoms with E-state index in [4.69, 9.17) is 9.57 Å². The molecule has 1 aliphatic heterocycles. The largest absolute Gasteiger partial charge is 1.00 e. The Balaban J connectivity index is 0.00000341. The standard InChI is InChI=1S/C24H29FN2O3.ClH/c1-3-29-24(28)19-10-8-14-27(17-19)15-16-30-26-23(20-11-5-4-9-18(20)2)21-12-6-7-13-22(21)25;/h4-7,9,11-13,19H,3,8,10,14-17H2,1-2H3;1H/b26-23+;/t19-;/m1./s1. The molecule has 0 spiro atoms. The van der Waals surface area contributed by atoms with E-state index in [0.29, 0.717) is 24.5 Å². The lowest BCUT2D eigenvalue weighted by Gasteiger charge is -2.28. The van der Waals surface area contributed by atoms with Crippen molar-refractivity contribution in [1.82, 2.24) is 0 Å². The van der Waals surface area contributed by atoms with E-state index in [9.17, 15) is 9.18 Å². The van der Waals surface area contributed by atoms with E-state index in [1.54, 1.807) is 18.2 Å². The Morgan fingerprint density at radius 3 is 2.58 bits per heavy atom. The van der Waals surface area contributed by atoms with Gasteiger partial charge in [0.15, 0.2) is 6.61 Å². The molecule has 1 aliphatic rings. The highest BCUT2D eigenvalue weighted by atomic mass is 35.5. The van der Waals surface area contributed by atoms with Crippen LogP contribution in [0.1, 0.15) is 36.5 Å². The number of piperidine rings is 1. The van der Waals surface area contributed by atoms with E-state index < -0.39 is 0 Å². The molecular weight excluding hydrogens is 419 g/mol. The van der Waals surface area contributed by atoms with Crippen molar-refractivity contribution >= 4 is 11.7 Å². The van der Waals surface area contributed by atoms with E-state index in [-0.39, 0.29) is 30.1 Å². The maximum atomic E-state index is 14.5. The zero-order valence-electron chi connectivity index (χ0n) is 18.1. The number of carbonyl (C=O) groups excluding carboxylic acids is 1. The highest BCUT2D eigenvalue weighted by Crippen LogP contribution is 2.18. The molecule has 168 valence electrons. The van der Waals surface area contributed by atoms with E-state index in [0.717, 1.165) is 43.6 Å². The second-order valence-electron chi connectivity index (χ2n) is 7.61. The summed E-state index contributed by atoms with van der Waals surface area (Å²) in [4.78, 5) is 19.0. The van der Waals surface area contributed by atoms with Crippen molar-refractivity contribution in [3.8, 4) is 0 Å². The smallest absolute Gasteiger partial charge is 0.314 e. The van der Waals surface area contributed by atoms with Crippen molar-refractivity contribution in [2.45, 2.75) is 26.7 Å². The number of nitrogens with one attached hydrogen (secondary N) is 1. The molecule has 0 aromatic heterocycles. The van der Waals surface area contributed by atoms with Crippen molar-refractivity contribution in [2.75, 3.05) is 32.8 Å². The number of benzene rings is 2. The van der Waals surface area contributed by atoms with Gasteiger partial charge in [0.2, 0.25) is 0 Å². The Morgan fingerprint density at radius 2 is 1.87 bits per heavy atom. The van der Waals surface area contributed by atoms with Gasteiger partial charge in [-0.05, 0) is 44.4 Å². The number of halogens is 2. The third-order valence-corrected chi connectivity index (χ3v) is 5.47. The average Bonchev–Trinajstić information content (AvgIpc) is 2.76. The van der Waals surface area contributed by atoms with Gasteiger partial charge in [0.25, 0.3) is 0 Å². The van der Waals surface area contributed by atoms with Crippen molar-refractivity contribution in [3.05, 3.63) is 71.0 Å². The SMILES string of the molecule is CCOC(=O)[C@@H]1CCC[NH+](CCO/N=C(\c2ccccc2C)c2ccccc2F)C1.[Cl-]. The number of oxime groups is 1. The van der Waals surface area contributed by atoms with Crippen LogP contribution >= 0.6 is 0 Å². The van der Waals surface area contributed by atoms with Crippen LogP contribution in [0.3, 0.4) is 0 Å². The molecule has 1 saturated heterocycles. The monoisotopic (exact) mass is 448 g/mol. The van der Waals surface area contributed by atoms with Gasteiger partial charge in [0.05, 0.1) is 19.7 Å². The fourth-order valence-electron chi connectivity index (χ4n) is 3.87. The number of ether oxygens (including phenoxy) is 1. The van der Waals surface area contributed by atoms with Crippen LogP contribution in [0.25, 0.3) is 0 Å². The summed E-state index contributed by atoms with van der Waals surface area (Å²) < 4.78 is 19.6. The van der Waals surface area contributed by atoms with E-state index in [2.05, 4.69) is 5.16 Å². The van der Waals surface area contributed by atoms with Gasteiger partial charge in [-0.25, -0.2) is 4.39 Å². The topological polar surface area (TPSA) is 52.3 Å². The van der Waals surface area contributed by atoms with Gasteiger partial charge in [0.1, 0.15) is 24.0 Å². The van der Waals surface area contributed by atoms with Gasteiger partial charge >= 0.3 is 5.97 Å². The number of esters is 1. The predicted octanol–water partition coefficient (Wildman–Crippen LogP) is -0.235. The highest BCUT2D eigenvalue weighted by Gasteiger charge is 2.29. The molecule has 1 fully saturated rings. The van der Waals surface area contributed by atoms with Gasteiger partial charge in [-0.3, -0.25) is 4.79 Å². The third-order valence-electron chi connectivity index (χ3n) is 5.47. The molecule has 0 radical (unpaired) electrons. The first-order chi connectivity index (χ1) is 14.6. The third kappa shape index (κ3) is 6.77. The summed E-state index contributed by atoms with van der Waals surface area (Å²) in [6.07, 6.45) is 1.87. The van der Waals surface area contributed by atoms with Gasteiger partial charge in [-0.15, -0.1) is 0 Å². The number of carbonyl (C=O) groups is 1. The molecule has 1 unspecified atom stereocenters. The van der Waals surface area contributed by atoms with Gasteiger partial charge < -0.3 is 26.9 Å². The normalized spacial score (nSPS) is 18.7. The van der Waals surface area contributed by atoms with Crippen molar-refractivity contribution < 1.29 is 36.1 Å². The summed E-state index contributed by atoms with van der Waals surface area (Å²) >= 11 is 0. The van der Waals surface area contributed by atoms with Gasteiger partial charge in [0, 0.05) is 11.1 Å². The molecule has 2 atom stereocenters. The number of quaternary nitrogens is 1. The van der Waals surface area contributed by atoms with E-state index in [1.165, 1.54) is 11.0 Å². The second-order valence-corrected chi connectivity index (χ2v) is 7.61. The van der Waals surface area contributed by atoms with Gasteiger partial charge in [-0.2, -0.15) is 0 Å². The maximum absolute atomic E-state index is 14.5. The number of aryl methyl sites for hydroxylation is 1. The molecule has 31 heavy (non-hydrogen) atoms. The summed E-state index contributed by atoms with van der Waals surface area (Å²) in [6.45, 7) is 7.11. The summed E-state index contributed by atoms with van der Waals surface area (Å²) in [5.41, 5.74) is 2.75. The lowest BCUT2D eigenvalue weighted by Crippen LogP contribution is -3.14. The van der Waals surface area contributed by atoms with Gasteiger partial charge in [-0.1, -0.05) is 41.6 Å². The Kier molecular flexibility index (Phi) is 9.95. The number of hydrogen-bond donors (Lipinski definition) is 1. The Hall–Kier alpha value is -2.44. The van der Waals surface area contributed by atoms with Crippen LogP contribution in [0.2, 0.25) is 0 Å². The zero-order valence-corrected chi connectivity index (χ0v) is 18.8. The molecule has 3 rings (SSSR count). The maximum Gasteiger partial charge on any atom is 0.314 e. The Labute approximate surface area is 189 Å². The molecule has 1 N–H and O–H groups in total. The lowest BCUT2D eigenvalue weighted by molar-refractivity contribution is -0.908. The van der Waals surface area contributed by atoms with Crippen LogP contribution in [-0.2, 0) is 14.4 Å². The lowest BCUT2D eigenvalue weighted by atomic mass is 9.98. The van der Waals surface area contributed by atoms with Crippen molar-refractivity contribution in [1.29, 1.82) is 0 Å². The fourth-order valence-corrected chi connectivity index (χ4v) is 3.87. The average molecular weight is 449 g/mol. The van der Waals surface area contributed by atoms with Crippen molar-refractivity contribution in [3.63, 3.8) is 0 Å². The molecular formula is C24H30ClFN2O3. The molecule has 1 heterocycles. The van der Waals surface area contributed by atoms with Crippen LogP contribution in [0, 0.1) is 18.7 Å². The summed E-state index contributed by atoms with van der Waals surface area (Å²) in [6, 6.07) is 14.3. The minimum atomic E-state index is -0.331.